The topological polar surface area (TPSA) is 68.8 Å². The van der Waals surface area contributed by atoms with Crippen molar-refractivity contribution in [3.05, 3.63) is 54.1 Å². The Morgan fingerprint density at radius 2 is 1.63 bits per heavy atom. The fourth-order valence-electron chi connectivity index (χ4n) is 2.36. The summed E-state index contributed by atoms with van der Waals surface area (Å²) >= 11 is 0. The molecule has 2 rings (SSSR count). The number of methoxy groups -OCH3 is 1. The minimum absolute atomic E-state index is 0.0946. The number of nitrogens with one attached hydrogen (secondary N) is 2. The van der Waals surface area contributed by atoms with Gasteiger partial charge >= 0.3 is 0 Å². The number of anilines is 1. The lowest BCUT2D eigenvalue weighted by atomic mass is 10.2. The summed E-state index contributed by atoms with van der Waals surface area (Å²) in [5.74, 6) is 1.50. The second kappa shape index (κ2) is 11.2. The monoisotopic (exact) mass is 372 g/mol. The zero-order valence-electron chi connectivity index (χ0n) is 16.2. The fraction of sp³-hybridized carbons (Fsp3) is 0.381. The van der Waals surface area contributed by atoms with Gasteiger partial charge < -0.3 is 24.8 Å². The predicted octanol–water partition coefficient (Wildman–Crippen LogP) is 3.23. The fourth-order valence-corrected chi connectivity index (χ4v) is 2.36. The molecule has 0 saturated heterocycles. The first kappa shape index (κ1) is 20.7. The Morgan fingerprint density at radius 3 is 2.26 bits per heavy atom. The summed E-state index contributed by atoms with van der Waals surface area (Å²) in [6, 6.07) is 15.1. The lowest BCUT2D eigenvalue weighted by molar-refractivity contribution is -0.115. The normalized spacial score (nSPS) is 10.7. The average molecular weight is 372 g/mol. The summed E-state index contributed by atoms with van der Waals surface area (Å²) in [6.45, 7) is 5.87. The van der Waals surface area contributed by atoms with E-state index in [-0.39, 0.29) is 18.6 Å². The number of benzene rings is 2. The van der Waals surface area contributed by atoms with Gasteiger partial charge in [-0.1, -0.05) is 12.1 Å². The number of amides is 1. The van der Waals surface area contributed by atoms with Gasteiger partial charge in [0.1, 0.15) is 18.1 Å². The molecule has 2 aromatic carbocycles. The molecule has 0 fully saturated rings. The first-order valence-electron chi connectivity index (χ1n) is 9.05. The molecule has 0 saturated carbocycles. The van der Waals surface area contributed by atoms with E-state index < -0.39 is 0 Å². The maximum atomic E-state index is 12.0. The van der Waals surface area contributed by atoms with Crippen molar-refractivity contribution in [3.8, 4) is 11.5 Å². The number of ether oxygens (including phenoxy) is 3. The molecule has 1 amide bonds. The highest BCUT2D eigenvalue weighted by atomic mass is 16.5. The van der Waals surface area contributed by atoms with E-state index in [1.165, 1.54) is 0 Å². The Bertz CT molecular complexity index is 684. The Morgan fingerprint density at radius 1 is 0.963 bits per heavy atom. The van der Waals surface area contributed by atoms with Crippen LogP contribution < -0.4 is 20.1 Å². The standard InChI is InChI=1S/C21H28N2O4/c1-16(2)27-20-8-4-17(5-9-20)14-22-15-21(24)23-18-6-10-19(11-7-18)26-13-12-25-3/h4-11,16,22H,12-15H2,1-3H3,(H,23,24). The molecule has 146 valence electrons. The number of carbonyl (C=O) groups excluding carboxylic acids is 1. The summed E-state index contributed by atoms with van der Waals surface area (Å²) in [6.07, 6.45) is 0.156. The molecule has 0 aliphatic heterocycles. The third-order valence-corrected chi connectivity index (χ3v) is 3.60. The van der Waals surface area contributed by atoms with E-state index in [1.807, 2.05) is 62.4 Å². The van der Waals surface area contributed by atoms with Crippen LogP contribution in [0.1, 0.15) is 19.4 Å². The lowest BCUT2D eigenvalue weighted by Crippen LogP contribution is -2.27. The molecule has 0 aliphatic carbocycles. The van der Waals surface area contributed by atoms with E-state index >= 15 is 0 Å². The smallest absolute Gasteiger partial charge is 0.238 e. The minimum atomic E-state index is -0.0946. The van der Waals surface area contributed by atoms with E-state index in [4.69, 9.17) is 14.2 Å². The summed E-state index contributed by atoms with van der Waals surface area (Å²) < 4.78 is 16.0. The van der Waals surface area contributed by atoms with Crippen LogP contribution in [-0.4, -0.2) is 38.9 Å². The van der Waals surface area contributed by atoms with Gasteiger partial charge in [-0.25, -0.2) is 0 Å². The third kappa shape index (κ3) is 8.11. The van der Waals surface area contributed by atoms with E-state index in [0.717, 1.165) is 22.7 Å². The molecule has 0 bridgehead atoms. The number of hydrogen-bond acceptors (Lipinski definition) is 5. The lowest BCUT2D eigenvalue weighted by Gasteiger charge is -2.11. The van der Waals surface area contributed by atoms with E-state index in [0.29, 0.717) is 19.8 Å². The van der Waals surface area contributed by atoms with Crippen molar-refractivity contribution in [3.63, 3.8) is 0 Å². The molecule has 0 radical (unpaired) electrons. The van der Waals surface area contributed by atoms with Crippen LogP contribution in [0.4, 0.5) is 5.69 Å². The van der Waals surface area contributed by atoms with Crippen molar-refractivity contribution >= 4 is 11.6 Å². The second-order valence-corrected chi connectivity index (χ2v) is 6.33. The van der Waals surface area contributed by atoms with Crippen molar-refractivity contribution < 1.29 is 19.0 Å². The molecule has 0 unspecified atom stereocenters. The summed E-state index contributed by atoms with van der Waals surface area (Å²) in [5, 5.41) is 5.99. The molecule has 0 aliphatic rings. The predicted molar refractivity (Wildman–Crippen MR) is 106 cm³/mol. The molecule has 2 N–H and O–H groups in total. The van der Waals surface area contributed by atoms with Gasteiger partial charge in [-0.2, -0.15) is 0 Å². The highest BCUT2D eigenvalue weighted by molar-refractivity contribution is 5.92. The highest BCUT2D eigenvalue weighted by Gasteiger charge is 2.03. The minimum Gasteiger partial charge on any atom is -0.491 e. The van der Waals surface area contributed by atoms with Gasteiger partial charge in [0.05, 0.1) is 19.3 Å². The molecule has 27 heavy (non-hydrogen) atoms. The Hall–Kier alpha value is -2.57. The van der Waals surface area contributed by atoms with Crippen LogP contribution in [0.2, 0.25) is 0 Å². The van der Waals surface area contributed by atoms with E-state index in [2.05, 4.69) is 10.6 Å². The first-order valence-corrected chi connectivity index (χ1v) is 9.05. The van der Waals surface area contributed by atoms with Crippen molar-refractivity contribution in [1.29, 1.82) is 0 Å². The zero-order valence-corrected chi connectivity index (χ0v) is 16.2. The van der Waals surface area contributed by atoms with Gasteiger partial charge in [0.15, 0.2) is 0 Å². The average Bonchev–Trinajstić information content (AvgIpc) is 2.64. The molecule has 0 heterocycles. The molecule has 0 spiro atoms. The van der Waals surface area contributed by atoms with Crippen molar-refractivity contribution in [1.82, 2.24) is 5.32 Å². The van der Waals surface area contributed by atoms with Crippen LogP contribution >= 0.6 is 0 Å². The molecule has 0 aromatic heterocycles. The van der Waals surface area contributed by atoms with Crippen LogP contribution in [0.15, 0.2) is 48.5 Å². The van der Waals surface area contributed by atoms with E-state index in [9.17, 15) is 4.79 Å². The third-order valence-electron chi connectivity index (χ3n) is 3.60. The van der Waals surface area contributed by atoms with Crippen LogP contribution in [0.25, 0.3) is 0 Å². The van der Waals surface area contributed by atoms with Crippen LogP contribution in [0, 0.1) is 0 Å². The Kier molecular flexibility index (Phi) is 8.61. The highest BCUT2D eigenvalue weighted by Crippen LogP contribution is 2.16. The molecule has 6 nitrogen and oxygen atoms in total. The van der Waals surface area contributed by atoms with Gasteiger partial charge in [-0.3, -0.25) is 4.79 Å². The largest absolute Gasteiger partial charge is 0.491 e. The molecular formula is C21H28N2O4. The Balaban J connectivity index is 1.69. The maximum absolute atomic E-state index is 12.0. The van der Waals surface area contributed by atoms with Gasteiger partial charge in [-0.15, -0.1) is 0 Å². The second-order valence-electron chi connectivity index (χ2n) is 6.33. The van der Waals surface area contributed by atoms with Gasteiger partial charge in [0, 0.05) is 19.3 Å². The maximum Gasteiger partial charge on any atom is 0.238 e. The van der Waals surface area contributed by atoms with Gasteiger partial charge in [-0.05, 0) is 55.8 Å². The van der Waals surface area contributed by atoms with Crippen molar-refractivity contribution in [2.24, 2.45) is 0 Å². The van der Waals surface area contributed by atoms with Gasteiger partial charge in [0.2, 0.25) is 5.91 Å². The number of hydrogen-bond donors (Lipinski definition) is 2. The van der Waals surface area contributed by atoms with Crippen LogP contribution in [0.5, 0.6) is 11.5 Å². The van der Waals surface area contributed by atoms with Crippen molar-refractivity contribution in [2.45, 2.75) is 26.5 Å². The van der Waals surface area contributed by atoms with Crippen molar-refractivity contribution in [2.75, 3.05) is 32.2 Å². The van der Waals surface area contributed by atoms with Crippen LogP contribution in [0.3, 0.4) is 0 Å². The SMILES string of the molecule is COCCOc1ccc(NC(=O)CNCc2ccc(OC(C)C)cc2)cc1. The molecular weight excluding hydrogens is 344 g/mol. The Labute approximate surface area is 160 Å². The molecule has 2 aromatic rings. The zero-order chi connectivity index (χ0) is 19.5. The van der Waals surface area contributed by atoms with E-state index in [1.54, 1.807) is 7.11 Å². The summed E-state index contributed by atoms with van der Waals surface area (Å²) in [4.78, 5) is 12.0. The number of carbonyl (C=O) groups is 1. The number of rotatable bonds is 11. The summed E-state index contributed by atoms with van der Waals surface area (Å²) in [7, 11) is 1.63. The first-order chi connectivity index (χ1) is 13.1. The quantitative estimate of drug-likeness (QED) is 0.593. The van der Waals surface area contributed by atoms with Crippen LogP contribution in [-0.2, 0) is 16.1 Å². The summed E-state index contributed by atoms with van der Waals surface area (Å²) in [5.41, 5.74) is 1.83. The molecule has 0 atom stereocenters. The molecule has 6 heteroatoms. The van der Waals surface area contributed by atoms with Gasteiger partial charge in [0.25, 0.3) is 0 Å².